The van der Waals surface area contributed by atoms with Crippen LogP contribution in [0.4, 0.5) is 0 Å². The molecule has 0 amide bonds. The zero-order valence-corrected chi connectivity index (χ0v) is 5.87. The first-order valence-corrected chi connectivity index (χ1v) is 3.40. The first-order valence-electron chi connectivity index (χ1n) is 3.40. The van der Waals surface area contributed by atoms with Crippen LogP contribution in [-0.4, -0.2) is 11.6 Å². The Morgan fingerprint density at radius 1 is 1.70 bits per heavy atom. The van der Waals surface area contributed by atoms with Crippen LogP contribution in [0.15, 0.2) is 18.5 Å². The van der Waals surface area contributed by atoms with E-state index >= 15 is 0 Å². The van der Waals surface area contributed by atoms with Gasteiger partial charge in [-0.2, -0.15) is 0 Å². The second kappa shape index (κ2) is 2.06. The van der Waals surface area contributed by atoms with Crippen molar-refractivity contribution in [3.63, 3.8) is 0 Å². The highest BCUT2D eigenvalue weighted by Crippen LogP contribution is 2.30. The minimum atomic E-state index is 0.364. The molecule has 0 bridgehead atoms. The van der Waals surface area contributed by atoms with E-state index in [-0.39, 0.29) is 0 Å². The number of hydrogen-bond acceptors (Lipinski definition) is 2. The Labute approximate surface area is 59.9 Å². The highest BCUT2D eigenvalue weighted by atomic mass is 16.6. The van der Waals surface area contributed by atoms with Crippen LogP contribution in [0, 0.1) is 6.92 Å². The number of hydrogen-bond donors (Lipinski definition) is 0. The first kappa shape index (κ1) is 5.86. The molecular formula is C8H9NO. The van der Waals surface area contributed by atoms with Gasteiger partial charge in [-0.25, -0.2) is 0 Å². The van der Waals surface area contributed by atoms with Crippen LogP contribution >= 0.6 is 0 Å². The summed E-state index contributed by atoms with van der Waals surface area (Å²) in [7, 11) is 0. The van der Waals surface area contributed by atoms with Crippen molar-refractivity contribution in [2.45, 2.75) is 13.0 Å². The fourth-order valence-corrected chi connectivity index (χ4v) is 1.07. The monoisotopic (exact) mass is 135 g/mol. The van der Waals surface area contributed by atoms with Gasteiger partial charge in [0.15, 0.2) is 0 Å². The van der Waals surface area contributed by atoms with Crippen molar-refractivity contribution in [1.29, 1.82) is 0 Å². The van der Waals surface area contributed by atoms with Crippen molar-refractivity contribution in [3.05, 3.63) is 29.6 Å². The summed E-state index contributed by atoms with van der Waals surface area (Å²) in [5.41, 5.74) is 2.51. The Kier molecular flexibility index (Phi) is 1.21. The van der Waals surface area contributed by atoms with Crippen molar-refractivity contribution in [3.8, 4) is 0 Å². The number of aryl methyl sites for hydroxylation is 1. The quantitative estimate of drug-likeness (QED) is 0.545. The number of rotatable bonds is 1. The molecule has 0 saturated carbocycles. The molecule has 52 valence electrons. The molecule has 0 unspecified atom stereocenters. The summed E-state index contributed by atoms with van der Waals surface area (Å²) in [5, 5.41) is 0. The summed E-state index contributed by atoms with van der Waals surface area (Å²) in [6.45, 7) is 2.94. The molecule has 1 aromatic rings. The molecule has 1 atom stereocenters. The Bertz CT molecular complexity index is 243. The van der Waals surface area contributed by atoms with E-state index in [0.29, 0.717) is 6.10 Å². The second-order valence-electron chi connectivity index (χ2n) is 2.55. The molecule has 0 radical (unpaired) electrons. The van der Waals surface area contributed by atoms with Gasteiger partial charge in [0, 0.05) is 12.4 Å². The van der Waals surface area contributed by atoms with Gasteiger partial charge in [-0.15, -0.1) is 0 Å². The zero-order chi connectivity index (χ0) is 6.97. The summed E-state index contributed by atoms with van der Waals surface area (Å²) < 4.78 is 5.15. The van der Waals surface area contributed by atoms with Gasteiger partial charge in [0.2, 0.25) is 0 Å². The van der Waals surface area contributed by atoms with Gasteiger partial charge in [-0.05, 0) is 24.1 Å². The van der Waals surface area contributed by atoms with E-state index < -0.39 is 0 Å². The van der Waals surface area contributed by atoms with Crippen LogP contribution in [0.2, 0.25) is 0 Å². The highest BCUT2D eigenvalue weighted by molar-refractivity contribution is 5.26. The van der Waals surface area contributed by atoms with Crippen LogP contribution in [0.1, 0.15) is 17.2 Å². The fraction of sp³-hybridized carbons (Fsp3) is 0.375. The predicted octanol–water partition coefficient (Wildman–Crippen LogP) is 1.46. The molecular weight excluding hydrogens is 126 g/mol. The van der Waals surface area contributed by atoms with Crippen molar-refractivity contribution >= 4 is 0 Å². The minimum absolute atomic E-state index is 0.364. The van der Waals surface area contributed by atoms with E-state index in [9.17, 15) is 0 Å². The molecule has 2 nitrogen and oxygen atoms in total. The van der Waals surface area contributed by atoms with Crippen LogP contribution in [-0.2, 0) is 4.74 Å². The summed E-state index contributed by atoms with van der Waals surface area (Å²) >= 11 is 0. The highest BCUT2D eigenvalue weighted by Gasteiger charge is 2.25. The standard InChI is InChI=1S/C8H9NO/c1-6-4-9-3-2-7(6)8-5-10-8/h2-4,8H,5H2,1H3/t8-/m1/s1. The lowest BCUT2D eigenvalue weighted by Crippen LogP contribution is -1.86. The van der Waals surface area contributed by atoms with Gasteiger partial charge in [0.05, 0.1) is 6.61 Å². The number of epoxide rings is 1. The lowest BCUT2D eigenvalue weighted by atomic mass is 10.1. The average molecular weight is 135 g/mol. The Balaban J connectivity index is 2.39. The van der Waals surface area contributed by atoms with E-state index in [2.05, 4.69) is 11.9 Å². The maximum Gasteiger partial charge on any atom is 0.106 e. The zero-order valence-electron chi connectivity index (χ0n) is 5.87. The van der Waals surface area contributed by atoms with E-state index in [1.54, 1.807) is 0 Å². The molecule has 0 N–H and O–H groups in total. The van der Waals surface area contributed by atoms with Crippen molar-refractivity contribution < 1.29 is 4.74 Å². The molecule has 1 aliphatic heterocycles. The number of nitrogens with zero attached hydrogens (tertiary/aromatic N) is 1. The lowest BCUT2D eigenvalue weighted by Gasteiger charge is -1.97. The molecule has 2 heteroatoms. The molecule has 0 spiro atoms. The van der Waals surface area contributed by atoms with E-state index in [1.165, 1.54) is 11.1 Å². The van der Waals surface area contributed by atoms with Crippen LogP contribution in [0.3, 0.4) is 0 Å². The third-order valence-electron chi connectivity index (χ3n) is 1.74. The average Bonchev–Trinajstić information content (AvgIpc) is 2.71. The first-order chi connectivity index (χ1) is 4.88. The summed E-state index contributed by atoms with van der Waals surface area (Å²) in [6, 6.07) is 2.02. The van der Waals surface area contributed by atoms with E-state index in [1.807, 2.05) is 18.5 Å². The molecule has 1 fully saturated rings. The topological polar surface area (TPSA) is 25.4 Å². The summed E-state index contributed by atoms with van der Waals surface area (Å²) in [5.74, 6) is 0. The summed E-state index contributed by atoms with van der Waals surface area (Å²) in [6.07, 6.45) is 4.05. The van der Waals surface area contributed by atoms with Gasteiger partial charge < -0.3 is 4.74 Å². The molecule has 1 saturated heterocycles. The van der Waals surface area contributed by atoms with E-state index in [4.69, 9.17) is 4.74 Å². The lowest BCUT2D eigenvalue weighted by molar-refractivity contribution is 0.415. The fourth-order valence-electron chi connectivity index (χ4n) is 1.07. The Morgan fingerprint density at radius 2 is 2.50 bits per heavy atom. The van der Waals surface area contributed by atoms with Crippen molar-refractivity contribution in [1.82, 2.24) is 4.98 Å². The maximum atomic E-state index is 5.15. The SMILES string of the molecule is Cc1cnccc1[C@H]1CO1. The number of ether oxygens (including phenoxy) is 1. The molecule has 1 aliphatic rings. The minimum Gasteiger partial charge on any atom is -0.368 e. The number of aromatic nitrogens is 1. The van der Waals surface area contributed by atoms with Crippen molar-refractivity contribution in [2.24, 2.45) is 0 Å². The van der Waals surface area contributed by atoms with Crippen molar-refractivity contribution in [2.75, 3.05) is 6.61 Å². The van der Waals surface area contributed by atoms with Gasteiger partial charge >= 0.3 is 0 Å². The molecule has 0 aromatic carbocycles. The third-order valence-corrected chi connectivity index (χ3v) is 1.74. The molecule has 10 heavy (non-hydrogen) atoms. The molecule has 2 rings (SSSR count). The molecule has 1 aromatic heterocycles. The van der Waals surface area contributed by atoms with Gasteiger partial charge in [-0.3, -0.25) is 4.98 Å². The maximum absolute atomic E-state index is 5.15. The van der Waals surface area contributed by atoms with Gasteiger partial charge in [-0.1, -0.05) is 0 Å². The molecule has 2 heterocycles. The molecule has 0 aliphatic carbocycles. The van der Waals surface area contributed by atoms with Gasteiger partial charge in [0.25, 0.3) is 0 Å². The largest absolute Gasteiger partial charge is 0.368 e. The smallest absolute Gasteiger partial charge is 0.106 e. The van der Waals surface area contributed by atoms with Crippen LogP contribution in [0.25, 0.3) is 0 Å². The van der Waals surface area contributed by atoms with Crippen LogP contribution in [0.5, 0.6) is 0 Å². The third kappa shape index (κ3) is 0.907. The Morgan fingerprint density at radius 3 is 3.10 bits per heavy atom. The van der Waals surface area contributed by atoms with E-state index in [0.717, 1.165) is 6.61 Å². The number of pyridine rings is 1. The predicted molar refractivity (Wildman–Crippen MR) is 37.7 cm³/mol. The van der Waals surface area contributed by atoms with Gasteiger partial charge in [0.1, 0.15) is 6.10 Å². The van der Waals surface area contributed by atoms with Crippen LogP contribution < -0.4 is 0 Å². The second-order valence-corrected chi connectivity index (χ2v) is 2.55. The summed E-state index contributed by atoms with van der Waals surface area (Å²) in [4.78, 5) is 4.00. The Hall–Kier alpha value is -0.890. The normalized spacial score (nSPS) is 22.7.